The molecule has 1 aromatic heterocycles. The Morgan fingerprint density at radius 2 is 1.63 bits per heavy atom. The summed E-state index contributed by atoms with van der Waals surface area (Å²) in [5.74, 6) is 0. The molecule has 3 aromatic rings. The Hall–Kier alpha value is -3.28. The predicted molar refractivity (Wildman–Crippen MR) is 108 cm³/mol. The molecule has 0 spiro atoms. The quantitative estimate of drug-likeness (QED) is 0.705. The van der Waals surface area contributed by atoms with Crippen LogP contribution in [0.2, 0.25) is 0 Å². The van der Waals surface area contributed by atoms with E-state index in [1.807, 2.05) is 56.6 Å². The van der Waals surface area contributed by atoms with E-state index in [0.29, 0.717) is 13.1 Å². The van der Waals surface area contributed by atoms with Crippen molar-refractivity contribution in [2.75, 3.05) is 26.0 Å². The van der Waals surface area contributed by atoms with Crippen LogP contribution in [-0.2, 0) is 13.1 Å². The second kappa shape index (κ2) is 8.40. The zero-order valence-electron chi connectivity index (χ0n) is 15.9. The maximum Gasteiger partial charge on any atom is 0.317 e. The zero-order chi connectivity index (χ0) is 19.2. The van der Waals surface area contributed by atoms with Gasteiger partial charge in [-0.15, -0.1) is 0 Å². The molecule has 6 nitrogen and oxygen atoms in total. The Morgan fingerprint density at radius 3 is 2.22 bits per heavy atom. The number of rotatable bonds is 6. The van der Waals surface area contributed by atoms with Crippen molar-refractivity contribution in [3.8, 4) is 11.3 Å². The first-order valence-corrected chi connectivity index (χ1v) is 8.87. The van der Waals surface area contributed by atoms with Gasteiger partial charge in [0.25, 0.3) is 0 Å². The van der Waals surface area contributed by atoms with E-state index in [9.17, 15) is 4.79 Å². The summed E-state index contributed by atoms with van der Waals surface area (Å²) in [5.41, 5.74) is 5.34. The molecule has 2 amide bonds. The molecule has 0 saturated heterocycles. The number of amides is 2. The second-order valence-corrected chi connectivity index (χ2v) is 6.74. The molecule has 2 aromatic carbocycles. The molecule has 3 rings (SSSR count). The third kappa shape index (κ3) is 4.88. The Kier molecular flexibility index (Phi) is 5.76. The topological polar surface area (TPSA) is 64.3 Å². The molecule has 1 heterocycles. The van der Waals surface area contributed by atoms with Gasteiger partial charge in [0.1, 0.15) is 0 Å². The number of anilines is 1. The minimum absolute atomic E-state index is 0.0932. The zero-order valence-corrected chi connectivity index (χ0v) is 15.9. The van der Waals surface area contributed by atoms with E-state index >= 15 is 0 Å². The van der Waals surface area contributed by atoms with Crippen LogP contribution in [0.4, 0.5) is 10.5 Å². The van der Waals surface area contributed by atoms with Gasteiger partial charge < -0.3 is 15.1 Å². The standard InChI is InChI=1S/C21H25N5O/c1-25(2)19-10-6-17(7-11-19)15-26(3)21(27)22-14-16-4-8-18(9-5-16)20-12-13-23-24-20/h4-13H,14-15H2,1-3H3,(H,22,27)(H,23,24). The Labute approximate surface area is 159 Å². The smallest absolute Gasteiger partial charge is 0.317 e. The first-order chi connectivity index (χ1) is 13.0. The van der Waals surface area contributed by atoms with E-state index in [1.165, 1.54) is 0 Å². The van der Waals surface area contributed by atoms with Crippen molar-refractivity contribution >= 4 is 11.7 Å². The molecule has 27 heavy (non-hydrogen) atoms. The maximum atomic E-state index is 12.3. The van der Waals surface area contributed by atoms with Crippen molar-refractivity contribution in [2.24, 2.45) is 0 Å². The fraction of sp³-hybridized carbons (Fsp3) is 0.238. The number of nitrogens with one attached hydrogen (secondary N) is 2. The molecular formula is C21H25N5O. The fourth-order valence-corrected chi connectivity index (χ4v) is 2.78. The highest BCUT2D eigenvalue weighted by molar-refractivity contribution is 5.74. The summed E-state index contributed by atoms with van der Waals surface area (Å²) in [5, 5.41) is 9.86. The molecule has 140 valence electrons. The third-order valence-electron chi connectivity index (χ3n) is 4.43. The van der Waals surface area contributed by atoms with E-state index in [1.54, 1.807) is 18.1 Å². The van der Waals surface area contributed by atoms with E-state index in [4.69, 9.17) is 0 Å². The minimum Gasteiger partial charge on any atom is -0.378 e. The maximum absolute atomic E-state index is 12.3. The van der Waals surface area contributed by atoms with Crippen LogP contribution in [0.25, 0.3) is 11.3 Å². The summed E-state index contributed by atoms with van der Waals surface area (Å²) in [6, 6.07) is 18.1. The van der Waals surface area contributed by atoms with Crippen molar-refractivity contribution in [3.05, 3.63) is 71.9 Å². The highest BCUT2D eigenvalue weighted by Gasteiger charge is 2.09. The monoisotopic (exact) mass is 363 g/mol. The van der Waals surface area contributed by atoms with Gasteiger partial charge in [-0.1, -0.05) is 36.4 Å². The lowest BCUT2D eigenvalue weighted by Gasteiger charge is -2.19. The average molecular weight is 363 g/mol. The van der Waals surface area contributed by atoms with E-state index < -0.39 is 0 Å². The lowest BCUT2D eigenvalue weighted by atomic mass is 10.1. The normalized spacial score (nSPS) is 10.5. The SMILES string of the molecule is CN(Cc1ccc(N(C)C)cc1)C(=O)NCc1ccc(-c2ccn[nH]2)cc1. The first-order valence-electron chi connectivity index (χ1n) is 8.87. The molecule has 6 heteroatoms. The number of H-pyrrole nitrogens is 1. The van der Waals surface area contributed by atoms with Crippen molar-refractivity contribution in [2.45, 2.75) is 13.1 Å². The Morgan fingerprint density at radius 1 is 0.963 bits per heavy atom. The van der Waals surface area contributed by atoms with Gasteiger partial charge in [-0.2, -0.15) is 5.10 Å². The second-order valence-electron chi connectivity index (χ2n) is 6.74. The molecular weight excluding hydrogens is 338 g/mol. The molecule has 0 aliphatic heterocycles. The molecule has 0 radical (unpaired) electrons. The van der Waals surface area contributed by atoms with Gasteiger partial charge in [-0.05, 0) is 34.9 Å². The van der Waals surface area contributed by atoms with E-state index in [0.717, 1.165) is 28.1 Å². The fourth-order valence-electron chi connectivity index (χ4n) is 2.78. The van der Waals surface area contributed by atoms with Crippen LogP contribution >= 0.6 is 0 Å². The molecule has 2 N–H and O–H groups in total. The van der Waals surface area contributed by atoms with Crippen LogP contribution in [0.1, 0.15) is 11.1 Å². The van der Waals surface area contributed by atoms with Crippen LogP contribution in [0.3, 0.4) is 0 Å². The molecule has 0 bridgehead atoms. The Bertz CT molecular complexity index is 855. The van der Waals surface area contributed by atoms with E-state index in [2.05, 4.69) is 32.5 Å². The lowest BCUT2D eigenvalue weighted by molar-refractivity contribution is 0.206. The van der Waals surface area contributed by atoms with Crippen LogP contribution in [0.15, 0.2) is 60.8 Å². The lowest BCUT2D eigenvalue weighted by Crippen LogP contribution is -2.36. The van der Waals surface area contributed by atoms with Crippen LogP contribution in [-0.4, -0.2) is 42.3 Å². The Balaban J connectivity index is 1.51. The van der Waals surface area contributed by atoms with Gasteiger partial charge in [0.05, 0.1) is 5.69 Å². The summed E-state index contributed by atoms with van der Waals surface area (Å²) >= 11 is 0. The summed E-state index contributed by atoms with van der Waals surface area (Å²) in [6.07, 6.45) is 1.73. The van der Waals surface area contributed by atoms with Crippen molar-refractivity contribution in [1.82, 2.24) is 20.4 Å². The van der Waals surface area contributed by atoms with Crippen molar-refractivity contribution < 1.29 is 4.79 Å². The van der Waals surface area contributed by atoms with Gasteiger partial charge in [-0.25, -0.2) is 4.79 Å². The highest BCUT2D eigenvalue weighted by Crippen LogP contribution is 2.17. The van der Waals surface area contributed by atoms with Gasteiger partial charge in [0, 0.05) is 46.1 Å². The number of nitrogens with zero attached hydrogens (tertiary/aromatic N) is 3. The average Bonchev–Trinajstić information content (AvgIpc) is 3.21. The number of hydrogen-bond donors (Lipinski definition) is 2. The van der Waals surface area contributed by atoms with Gasteiger partial charge in [0.15, 0.2) is 0 Å². The van der Waals surface area contributed by atoms with E-state index in [-0.39, 0.29) is 6.03 Å². The molecule has 0 saturated carbocycles. The van der Waals surface area contributed by atoms with Crippen LogP contribution in [0.5, 0.6) is 0 Å². The molecule has 0 atom stereocenters. The number of benzene rings is 2. The van der Waals surface area contributed by atoms with Gasteiger partial charge in [0.2, 0.25) is 0 Å². The van der Waals surface area contributed by atoms with Crippen LogP contribution < -0.4 is 10.2 Å². The van der Waals surface area contributed by atoms with Crippen molar-refractivity contribution in [3.63, 3.8) is 0 Å². The molecule has 0 unspecified atom stereocenters. The summed E-state index contributed by atoms with van der Waals surface area (Å²) in [7, 11) is 5.82. The number of urea groups is 1. The summed E-state index contributed by atoms with van der Waals surface area (Å²) in [4.78, 5) is 16.1. The number of carbonyl (C=O) groups is 1. The first kappa shape index (κ1) is 18.5. The third-order valence-corrected chi connectivity index (χ3v) is 4.43. The number of aromatic nitrogens is 2. The number of aromatic amines is 1. The van der Waals surface area contributed by atoms with Gasteiger partial charge in [-0.3, -0.25) is 5.10 Å². The highest BCUT2D eigenvalue weighted by atomic mass is 16.2. The largest absolute Gasteiger partial charge is 0.378 e. The number of carbonyl (C=O) groups excluding carboxylic acids is 1. The molecule has 0 fully saturated rings. The van der Waals surface area contributed by atoms with Crippen molar-refractivity contribution in [1.29, 1.82) is 0 Å². The molecule has 0 aliphatic carbocycles. The minimum atomic E-state index is -0.0932. The van der Waals surface area contributed by atoms with Gasteiger partial charge >= 0.3 is 6.03 Å². The molecule has 0 aliphatic rings. The predicted octanol–water partition coefficient (Wildman–Crippen LogP) is 3.48. The van der Waals surface area contributed by atoms with Crippen LogP contribution in [0, 0.1) is 0 Å². The summed E-state index contributed by atoms with van der Waals surface area (Å²) in [6.45, 7) is 1.06. The summed E-state index contributed by atoms with van der Waals surface area (Å²) < 4.78 is 0. The number of hydrogen-bond acceptors (Lipinski definition) is 3.